The zero-order valence-electron chi connectivity index (χ0n) is 14.8. The lowest BCUT2D eigenvalue weighted by atomic mass is 10.2. The lowest BCUT2D eigenvalue weighted by molar-refractivity contribution is 0.0823. The summed E-state index contributed by atoms with van der Waals surface area (Å²) in [5.74, 6) is -0.0445. The zero-order chi connectivity index (χ0) is 17.8. The van der Waals surface area contributed by atoms with Crippen LogP contribution in [0.1, 0.15) is 16.8 Å². The molecule has 1 aromatic rings. The van der Waals surface area contributed by atoms with Gasteiger partial charge in [-0.05, 0) is 31.3 Å². The van der Waals surface area contributed by atoms with Crippen LogP contribution in [0.5, 0.6) is 0 Å². The normalized spacial score (nSPS) is 11.3. The molecule has 6 nitrogen and oxygen atoms in total. The van der Waals surface area contributed by atoms with Crippen LogP contribution < -0.4 is 5.32 Å². The van der Waals surface area contributed by atoms with Gasteiger partial charge in [0.05, 0.1) is 0 Å². The van der Waals surface area contributed by atoms with E-state index >= 15 is 0 Å². The number of nitrogens with zero attached hydrogens (tertiary/aromatic N) is 1. The Balaban J connectivity index is 2.30. The van der Waals surface area contributed by atoms with Crippen molar-refractivity contribution in [3.05, 3.63) is 48.7 Å². The van der Waals surface area contributed by atoms with Gasteiger partial charge in [0.15, 0.2) is 0 Å². The molecule has 0 heterocycles. The van der Waals surface area contributed by atoms with E-state index in [2.05, 4.69) is 11.9 Å². The Hall–Kier alpha value is -1.51. The van der Waals surface area contributed by atoms with Gasteiger partial charge in [0.1, 0.15) is 0 Å². The average Bonchev–Trinajstić information content (AvgIpc) is 2.65. The second-order valence-corrected chi connectivity index (χ2v) is 8.29. The summed E-state index contributed by atoms with van der Waals surface area (Å²) in [6, 6.07) is 9.94. The summed E-state index contributed by atoms with van der Waals surface area (Å²) in [7, 11) is 2.36. The highest BCUT2D eigenvalue weighted by molar-refractivity contribution is 6.60. The van der Waals surface area contributed by atoms with E-state index in [9.17, 15) is 4.79 Å². The molecule has 0 saturated carbocycles. The summed E-state index contributed by atoms with van der Waals surface area (Å²) >= 11 is 0. The van der Waals surface area contributed by atoms with Gasteiger partial charge in [0, 0.05) is 46.0 Å². The Morgan fingerprint density at radius 2 is 1.79 bits per heavy atom. The topological polar surface area (TPSA) is 60.0 Å². The van der Waals surface area contributed by atoms with Gasteiger partial charge in [-0.1, -0.05) is 24.8 Å². The summed E-state index contributed by atoms with van der Waals surface area (Å²) in [6.45, 7) is 5.78. The van der Waals surface area contributed by atoms with Gasteiger partial charge < -0.3 is 23.5 Å². The number of carbonyl (C=O) groups is 1. The third kappa shape index (κ3) is 6.18. The first-order valence-corrected chi connectivity index (χ1v) is 9.90. The van der Waals surface area contributed by atoms with Crippen LogP contribution in [0.15, 0.2) is 43.1 Å². The quantitative estimate of drug-likeness (QED) is 0.461. The third-order valence-electron chi connectivity index (χ3n) is 3.80. The Morgan fingerprint density at radius 1 is 1.17 bits per heavy atom. The Bertz CT molecular complexity index is 486. The molecule has 0 saturated heterocycles. The van der Waals surface area contributed by atoms with E-state index in [-0.39, 0.29) is 5.91 Å². The van der Waals surface area contributed by atoms with Crippen molar-refractivity contribution in [3.63, 3.8) is 0 Å². The highest BCUT2D eigenvalue weighted by Crippen LogP contribution is 2.14. The molecular weight excluding hydrogens is 324 g/mol. The van der Waals surface area contributed by atoms with E-state index in [4.69, 9.17) is 13.3 Å². The predicted octanol–water partition coefficient (Wildman–Crippen LogP) is 2.13. The number of amides is 1. The summed E-state index contributed by atoms with van der Waals surface area (Å²) in [6.07, 6.45) is 2.44. The first kappa shape index (κ1) is 20.5. The van der Waals surface area contributed by atoms with Crippen LogP contribution in [0.2, 0.25) is 6.04 Å². The fourth-order valence-corrected chi connectivity index (χ4v) is 4.06. The van der Waals surface area contributed by atoms with Gasteiger partial charge in [0.2, 0.25) is 0 Å². The van der Waals surface area contributed by atoms with Crippen molar-refractivity contribution < 1.29 is 18.1 Å². The van der Waals surface area contributed by atoms with Crippen LogP contribution in [0.25, 0.3) is 0 Å². The van der Waals surface area contributed by atoms with Gasteiger partial charge in [-0.15, -0.1) is 0 Å². The molecule has 0 atom stereocenters. The summed E-state index contributed by atoms with van der Waals surface area (Å²) in [5.41, 5.74) is 0.661. The number of benzene rings is 1. The minimum Gasteiger partial charge on any atom is -0.377 e. The Labute approximate surface area is 145 Å². The molecule has 0 aliphatic carbocycles. The maximum absolute atomic E-state index is 12.3. The van der Waals surface area contributed by atoms with E-state index in [1.807, 2.05) is 18.2 Å². The molecule has 7 heteroatoms. The van der Waals surface area contributed by atoms with Crippen molar-refractivity contribution in [2.24, 2.45) is 0 Å². The number of hydrogen-bond acceptors (Lipinski definition) is 5. The molecule has 1 amide bonds. The minimum absolute atomic E-state index is 0.0445. The van der Waals surface area contributed by atoms with Crippen LogP contribution in [-0.4, -0.2) is 60.6 Å². The van der Waals surface area contributed by atoms with Crippen LogP contribution in [-0.2, 0) is 13.3 Å². The second kappa shape index (κ2) is 11.1. The maximum atomic E-state index is 12.3. The molecule has 134 valence electrons. The van der Waals surface area contributed by atoms with Gasteiger partial charge in [-0.2, -0.15) is 0 Å². The van der Waals surface area contributed by atoms with Crippen molar-refractivity contribution >= 4 is 14.7 Å². The minimum atomic E-state index is -2.49. The highest BCUT2D eigenvalue weighted by Gasteiger charge is 2.36. The van der Waals surface area contributed by atoms with Crippen LogP contribution in [0.4, 0.5) is 0 Å². The largest absolute Gasteiger partial charge is 0.500 e. The van der Waals surface area contributed by atoms with Gasteiger partial charge in [0.25, 0.3) is 5.91 Å². The molecule has 24 heavy (non-hydrogen) atoms. The SMILES string of the molecule is C=CN(CCNCCC[Si](OC)(OC)OC)C(=O)c1ccccc1. The summed E-state index contributed by atoms with van der Waals surface area (Å²) in [5, 5.41) is 3.32. The van der Waals surface area contributed by atoms with E-state index in [1.165, 1.54) is 0 Å². The van der Waals surface area contributed by atoms with Crippen LogP contribution in [0, 0.1) is 0 Å². The molecule has 0 radical (unpaired) electrons. The summed E-state index contributed by atoms with van der Waals surface area (Å²) in [4.78, 5) is 13.9. The molecule has 0 aliphatic heterocycles. The molecule has 0 bridgehead atoms. The van der Waals surface area contributed by atoms with Crippen molar-refractivity contribution in [1.82, 2.24) is 10.2 Å². The third-order valence-corrected chi connectivity index (χ3v) is 6.63. The fraction of sp³-hybridized carbons (Fsp3) is 0.471. The first-order valence-electron chi connectivity index (χ1n) is 7.97. The van der Waals surface area contributed by atoms with E-state index in [1.54, 1.807) is 44.6 Å². The van der Waals surface area contributed by atoms with Crippen LogP contribution >= 0.6 is 0 Å². The van der Waals surface area contributed by atoms with E-state index < -0.39 is 8.80 Å². The first-order chi connectivity index (χ1) is 11.6. The lowest BCUT2D eigenvalue weighted by Gasteiger charge is -2.24. The zero-order valence-corrected chi connectivity index (χ0v) is 15.8. The van der Waals surface area contributed by atoms with Crippen molar-refractivity contribution in [3.8, 4) is 0 Å². The molecule has 0 fully saturated rings. The Kier molecular flexibility index (Phi) is 9.51. The lowest BCUT2D eigenvalue weighted by Crippen LogP contribution is -2.43. The average molecular weight is 353 g/mol. The summed E-state index contributed by atoms with van der Waals surface area (Å²) < 4.78 is 16.1. The van der Waals surface area contributed by atoms with E-state index in [0.717, 1.165) is 19.0 Å². The van der Waals surface area contributed by atoms with E-state index in [0.29, 0.717) is 18.7 Å². The van der Waals surface area contributed by atoms with Gasteiger partial charge in [-0.25, -0.2) is 0 Å². The number of carbonyl (C=O) groups excluding carboxylic acids is 1. The molecule has 1 aromatic carbocycles. The molecule has 0 aromatic heterocycles. The van der Waals surface area contributed by atoms with Crippen molar-refractivity contribution in [2.45, 2.75) is 12.5 Å². The molecular formula is C17H28N2O4Si. The predicted molar refractivity (Wildman–Crippen MR) is 96.8 cm³/mol. The van der Waals surface area contributed by atoms with Gasteiger partial charge >= 0.3 is 8.80 Å². The fourth-order valence-electron chi connectivity index (χ4n) is 2.33. The Morgan fingerprint density at radius 3 is 2.33 bits per heavy atom. The smallest absolute Gasteiger partial charge is 0.377 e. The number of nitrogens with one attached hydrogen (secondary N) is 1. The number of rotatable bonds is 12. The molecule has 0 unspecified atom stereocenters. The van der Waals surface area contributed by atoms with Crippen LogP contribution in [0.3, 0.4) is 0 Å². The van der Waals surface area contributed by atoms with Gasteiger partial charge in [-0.3, -0.25) is 4.79 Å². The highest BCUT2D eigenvalue weighted by atomic mass is 28.4. The molecule has 1 rings (SSSR count). The standard InChI is InChI=1S/C17H28N2O4Si/c1-5-19(17(20)16-10-7-6-8-11-16)14-13-18-12-9-15-24(21-2,22-3)23-4/h5-8,10-11,18H,1,9,12-15H2,2-4H3. The molecule has 0 spiro atoms. The van der Waals surface area contributed by atoms with Crippen molar-refractivity contribution in [2.75, 3.05) is 41.0 Å². The number of hydrogen-bond donors (Lipinski definition) is 1. The molecule has 1 N–H and O–H groups in total. The second-order valence-electron chi connectivity index (χ2n) is 5.20. The monoisotopic (exact) mass is 352 g/mol. The van der Waals surface area contributed by atoms with Crippen molar-refractivity contribution in [1.29, 1.82) is 0 Å². The maximum Gasteiger partial charge on any atom is 0.500 e. The molecule has 0 aliphatic rings.